The highest BCUT2D eigenvalue weighted by Gasteiger charge is 1.92. The van der Waals surface area contributed by atoms with E-state index in [1.54, 1.807) is 12.1 Å². The first-order valence-corrected chi connectivity index (χ1v) is 3.60. The van der Waals surface area contributed by atoms with Crippen LogP contribution in [0, 0.1) is 0 Å². The Hall–Kier alpha value is -1.25. The number of aromatic hydroxyl groups is 1. The third kappa shape index (κ3) is 2.45. The summed E-state index contributed by atoms with van der Waals surface area (Å²) in [5.74, 6) is 0.721. The van der Waals surface area contributed by atoms with Crippen molar-refractivity contribution in [3.63, 3.8) is 0 Å². The molecule has 0 saturated carbocycles. The lowest BCUT2D eigenvalue weighted by molar-refractivity contribution is 0.304. The van der Waals surface area contributed by atoms with E-state index in [1.807, 2.05) is 6.92 Å². The van der Waals surface area contributed by atoms with Crippen LogP contribution in [0.2, 0.25) is 0 Å². The van der Waals surface area contributed by atoms with Crippen LogP contribution in [-0.2, 0) is 0 Å². The summed E-state index contributed by atoms with van der Waals surface area (Å²) in [6, 6.07) is 3.20. The molecule has 0 amide bonds. The molecule has 0 unspecified atom stereocenters. The summed E-state index contributed by atoms with van der Waals surface area (Å²) in [5, 5.41) is 8.86. The third-order valence-corrected chi connectivity index (χ3v) is 1.17. The van der Waals surface area contributed by atoms with Crippen LogP contribution < -0.4 is 4.74 Å². The fraction of sp³-hybridized carbons (Fsp3) is 0.375. The molecule has 0 saturated heterocycles. The van der Waals surface area contributed by atoms with Gasteiger partial charge in [-0.1, -0.05) is 6.92 Å². The Kier molecular flexibility index (Phi) is 2.72. The van der Waals surface area contributed by atoms with E-state index in [-0.39, 0.29) is 5.75 Å². The van der Waals surface area contributed by atoms with E-state index in [0.717, 1.165) is 6.42 Å². The van der Waals surface area contributed by atoms with Crippen molar-refractivity contribution in [2.75, 3.05) is 6.61 Å². The van der Waals surface area contributed by atoms with Crippen molar-refractivity contribution >= 4 is 0 Å². The molecule has 3 nitrogen and oxygen atoms in total. The van der Waals surface area contributed by atoms with Crippen LogP contribution in [0.4, 0.5) is 0 Å². The first-order chi connectivity index (χ1) is 5.33. The Bertz CT molecular complexity index is 208. The molecule has 0 aliphatic carbocycles. The van der Waals surface area contributed by atoms with Gasteiger partial charge < -0.3 is 9.84 Å². The maximum atomic E-state index is 8.86. The summed E-state index contributed by atoms with van der Waals surface area (Å²) in [7, 11) is 0. The molecular formula is C8H11NO2. The van der Waals surface area contributed by atoms with Crippen LogP contribution >= 0.6 is 0 Å². The van der Waals surface area contributed by atoms with Crippen LogP contribution in [0.5, 0.6) is 11.6 Å². The van der Waals surface area contributed by atoms with Gasteiger partial charge in [-0.3, -0.25) is 0 Å². The molecule has 0 aromatic carbocycles. The van der Waals surface area contributed by atoms with Crippen molar-refractivity contribution in [1.82, 2.24) is 4.98 Å². The molecular weight excluding hydrogens is 142 g/mol. The summed E-state index contributed by atoms with van der Waals surface area (Å²) in [6.07, 6.45) is 2.33. The van der Waals surface area contributed by atoms with E-state index in [1.165, 1.54) is 6.20 Å². The lowest BCUT2D eigenvalue weighted by Gasteiger charge is -2.01. The molecule has 3 heteroatoms. The second-order valence-corrected chi connectivity index (χ2v) is 2.20. The molecule has 1 aromatic heterocycles. The topological polar surface area (TPSA) is 42.4 Å². The quantitative estimate of drug-likeness (QED) is 0.716. The molecule has 1 N–H and O–H groups in total. The number of pyridine rings is 1. The lowest BCUT2D eigenvalue weighted by Crippen LogP contribution is -1.96. The monoisotopic (exact) mass is 153 g/mol. The van der Waals surface area contributed by atoms with Gasteiger partial charge in [-0.15, -0.1) is 0 Å². The zero-order valence-corrected chi connectivity index (χ0v) is 6.45. The Morgan fingerprint density at radius 3 is 2.91 bits per heavy atom. The van der Waals surface area contributed by atoms with Gasteiger partial charge in [0.15, 0.2) is 0 Å². The van der Waals surface area contributed by atoms with E-state index < -0.39 is 0 Å². The summed E-state index contributed by atoms with van der Waals surface area (Å²) >= 11 is 0. The van der Waals surface area contributed by atoms with Crippen molar-refractivity contribution in [2.24, 2.45) is 0 Å². The fourth-order valence-corrected chi connectivity index (χ4v) is 0.665. The van der Waals surface area contributed by atoms with Gasteiger partial charge in [0.1, 0.15) is 5.75 Å². The van der Waals surface area contributed by atoms with E-state index in [0.29, 0.717) is 12.5 Å². The third-order valence-electron chi connectivity index (χ3n) is 1.17. The summed E-state index contributed by atoms with van der Waals surface area (Å²) < 4.78 is 5.19. The van der Waals surface area contributed by atoms with Crippen LogP contribution in [0.25, 0.3) is 0 Å². The number of hydrogen-bond donors (Lipinski definition) is 1. The number of aromatic nitrogens is 1. The van der Waals surface area contributed by atoms with E-state index in [2.05, 4.69) is 4.98 Å². The normalized spacial score (nSPS) is 9.55. The second kappa shape index (κ2) is 3.81. The maximum Gasteiger partial charge on any atom is 0.213 e. The molecule has 60 valence electrons. The molecule has 0 bridgehead atoms. The van der Waals surface area contributed by atoms with Crippen LogP contribution in [-0.4, -0.2) is 16.7 Å². The average Bonchev–Trinajstić information content (AvgIpc) is 2.04. The fourth-order valence-electron chi connectivity index (χ4n) is 0.665. The smallest absolute Gasteiger partial charge is 0.213 e. The van der Waals surface area contributed by atoms with Gasteiger partial charge >= 0.3 is 0 Å². The minimum atomic E-state index is 0.161. The molecule has 0 aliphatic rings. The number of nitrogens with zero attached hydrogens (tertiary/aromatic N) is 1. The average molecular weight is 153 g/mol. The molecule has 0 fully saturated rings. The first-order valence-electron chi connectivity index (χ1n) is 3.60. The van der Waals surface area contributed by atoms with Crippen molar-refractivity contribution in [2.45, 2.75) is 13.3 Å². The van der Waals surface area contributed by atoms with Crippen LogP contribution in [0.3, 0.4) is 0 Å². The van der Waals surface area contributed by atoms with E-state index >= 15 is 0 Å². The Morgan fingerprint density at radius 1 is 1.55 bits per heavy atom. The number of rotatable bonds is 3. The molecule has 1 aromatic rings. The second-order valence-electron chi connectivity index (χ2n) is 2.20. The minimum Gasteiger partial charge on any atom is -0.506 e. The number of hydrogen-bond acceptors (Lipinski definition) is 3. The van der Waals surface area contributed by atoms with Gasteiger partial charge in [-0.05, 0) is 12.5 Å². The lowest BCUT2D eigenvalue weighted by atomic mass is 10.4. The summed E-state index contributed by atoms with van der Waals surface area (Å²) in [6.45, 7) is 2.69. The van der Waals surface area contributed by atoms with Crippen LogP contribution in [0.1, 0.15) is 13.3 Å². The van der Waals surface area contributed by atoms with Gasteiger partial charge in [0.05, 0.1) is 12.8 Å². The highest BCUT2D eigenvalue weighted by Crippen LogP contribution is 2.11. The highest BCUT2D eigenvalue weighted by molar-refractivity contribution is 5.20. The van der Waals surface area contributed by atoms with Gasteiger partial charge in [-0.25, -0.2) is 4.98 Å². The Balaban J connectivity index is 2.52. The maximum absolute atomic E-state index is 8.86. The van der Waals surface area contributed by atoms with Crippen molar-refractivity contribution in [3.8, 4) is 11.6 Å². The zero-order valence-electron chi connectivity index (χ0n) is 6.45. The zero-order chi connectivity index (χ0) is 8.10. The predicted octanol–water partition coefficient (Wildman–Crippen LogP) is 1.58. The van der Waals surface area contributed by atoms with E-state index in [4.69, 9.17) is 9.84 Å². The highest BCUT2D eigenvalue weighted by atomic mass is 16.5. The van der Waals surface area contributed by atoms with Crippen molar-refractivity contribution in [3.05, 3.63) is 18.3 Å². The molecule has 0 radical (unpaired) electrons. The van der Waals surface area contributed by atoms with E-state index in [9.17, 15) is 0 Å². The molecule has 0 spiro atoms. The molecule has 1 rings (SSSR count). The predicted molar refractivity (Wildman–Crippen MR) is 41.7 cm³/mol. The molecule has 0 atom stereocenters. The molecule has 0 aliphatic heterocycles. The van der Waals surface area contributed by atoms with Gasteiger partial charge in [0.25, 0.3) is 0 Å². The minimum absolute atomic E-state index is 0.161. The Morgan fingerprint density at radius 2 is 2.36 bits per heavy atom. The largest absolute Gasteiger partial charge is 0.506 e. The SMILES string of the molecule is CCCOc1ccc(O)cn1. The molecule has 11 heavy (non-hydrogen) atoms. The van der Waals surface area contributed by atoms with Gasteiger partial charge in [-0.2, -0.15) is 0 Å². The summed E-state index contributed by atoms with van der Waals surface area (Å²) in [4.78, 5) is 3.84. The number of ether oxygens (including phenoxy) is 1. The van der Waals surface area contributed by atoms with Gasteiger partial charge in [0, 0.05) is 6.07 Å². The summed E-state index contributed by atoms with van der Waals surface area (Å²) in [5.41, 5.74) is 0. The molecule has 1 heterocycles. The Labute approximate surface area is 65.7 Å². The van der Waals surface area contributed by atoms with Gasteiger partial charge in [0.2, 0.25) is 5.88 Å². The van der Waals surface area contributed by atoms with Crippen molar-refractivity contribution < 1.29 is 9.84 Å². The standard InChI is InChI=1S/C8H11NO2/c1-2-5-11-8-4-3-7(10)6-9-8/h3-4,6,10H,2,5H2,1H3. The van der Waals surface area contributed by atoms with Crippen LogP contribution in [0.15, 0.2) is 18.3 Å². The first kappa shape index (κ1) is 7.85. The van der Waals surface area contributed by atoms with Crippen molar-refractivity contribution in [1.29, 1.82) is 0 Å².